The zero-order valence-corrected chi connectivity index (χ0v) is 12.2. The molecule has 2 rings (SSSR count). The minimum atomic E-state index is -0.260. The average molecular weight is 301 g/mol. The lowest BCUT2D eigenvalue weighted by atomic mass is 10.2. The Balaban J connectivity index is 1.83. The number of nitrogens with one attached hydrogen (secondary N) is 3. The van der Waals surface area contributed by atoms with Crippen LogP contribution in [0.15, 0.2) is 54.6 Å². The number of benzene rings is 2. The van der Waals surface area contributed by atoms with E-state index in [2.05, 4.69) is 16.2 Å². The van der Waals surface area contributed by atoms with Gasteiger partial charge in [0, 0.05) is 5.56 Å². The molecule has 0 aliphatic heterocycles. The maximum Gasteiger partial charge on any atom is 0.257 e. The first-order valence-electron chi connectivity index (χ1n) is 6.25. The van der Waals surface area contributed by atoms with E-state index in [-0.39, 0.29) is 11.0 Å². The van der Waals surface area contributed by atoms with Crippen molar-refractivity contribution in [1.29, 1.82) is 0 Å². The lowest BCUT2D eigenvalue weighted by molar-refractivity contribution is 0.0977. The molecule has 2 aromatic carbocycles. The number of carbonyl (C=O) groups is 1. The van der Waals surface area contributed by atoms with Gasteiger partial charge in [-0.3, -0.25) is 21.0 Å². The van der Waals surface area contributed by atoms with E-state index < -0.39 is 0 Å². The van der Waals surface area contributed by atoms with Gasteiger partial charge in [0.15, 0.2) is 5.11 Å². The van der Waals surface area contributed by atoms with Gasteiger partial charge in [0.25, 0.3) is 5.91 Å². The SMILES string of the molecule is COc1ccc(NNC(=S)NC(=O)c2ccccc2)cc1. The molecule has 0 aliphatic carbocycles. The molecule has 108 valence electrons. The summed E-state index contributed by atoms with van der Waals surface area (Å²) in [4.78, 5) is 11.9. The number of rotatable bonds is 4. The summed E-state index contributed by atoms with van der Waals surface area (Å²) in [6.45, 7) is 0. The number of ether oxygens (including phenoxy) is 1. The van der Waals surface area contributed by atoms with Crippen LogP contribution >= 0.6 is 12.2 Å². The Morgan fingerprint density at radius 3 is 2.33 bits per heavy atom. The van der Waals surface area contributed by atoms with Gasteiger partial charge in [-0.25, -0.2) is 0 Å². The fourth-order valence-electron chi connectivity index (χ4n) is 1.60. The molecule has 0 fully saturated rings. The summed E-state index contributed by atoms with van der Waals surface area (Å²) >= 11 is 5.05. The van der Waals surface area contributed by atoms with Crippen LogP contribution < -0.4 is 20.9 Å². The molecule has 6 heteroatoms. The summed E-state index contributed by atoms with van der Waals surface area (Å²) in [5.41, 5.74) is 6.98. The van der Waals surface area contributed by atoms with Gasteiger partial charge in [-0.1, -0.05) is 18.2 Å². The number of amides is 1. The Labute approximate surface area is 128 Å². The van der Waals surface area contributed by atoms with Crippen molar-refractivity contribution in [3.05, 3.63) is 60.2 Å². The molecule has 3 N–H and O–H groups in total. The van der Waals surface area contributed by atoms with Gasteiger partial charge in [0.1, 0.15) is 5.75 Å². The Hall–Kier alpha value is -2.60. The highest BCUT2D eigenvalue weighted by molar-refractivity contribution is 7.80. The van der Waals surface area contributed by atoms with Crippen molar-refractivity contribution in [2.24, 2.45) is 0 Å². The van der Waals surface area contributed by atoms with Gasteiger partial charge < -0.3 is 4.74 Å². The Morgan fingerprint density at radius 1 is 1.05 bits per heavy atom. The highest BCUT2D eigenvalue weighted by atomic mass is 32.1. The topological polar surface area (TPSA) is 62.4 Å². The van der Waals surface area contributed by atoms with Crippen LogP contribution in [0.3, 0.4) is 0 Å². The van der Waals surface area contributed by atoms with E-state index in [0.29, 0.717) is 5.56 Å². The summed E-state index contributed by atoms with van der Waals surface area (Å²) in [5, 5.41) is 2.78. The number of hydrazine groups is 1. The van der Waals surface area contributed by atoms with E-state index >= 15 is 0 Å². The predicted molar refractivity (Wildman–Crippen MR) is 86.3 cm³/mol. The maximum absolute atomic E-state index is 11.9. The second kappa shape index (κ2) is 7.25. The van der Waals surface area contributed by atoms with Crippen LogP contribution in [0.4, 0.5) is 5.69 Å². The molecule has 5 nitrogen and oxygen atoms in total. The zero-order chi connectivity index (χ0) is 15.1. The van der Waals surface area contributed by atoms with Crippen molar-refractivity contribution in [3.63, 3.8) is 0 Å². The first-order chi connectivity index (χ1) is 10.2. The lowest BCUT2D eigenvalue weighted by Gasteiger charge is -2.12. The molecular formula is C15H15N3O2S. The summed E-state index contributed by atoms with van der Waals surface area (Å²) in [7, 11) is 1.61. The van der Waals surface area contributed by atoms with E-state index in [0.717, 1.165) is 11.4 Å². The smallest absolute Gasteiger partial charge is 0.257 e. The van der Waals surface area contributed by atoms with Crippen molar-refractivity contribution in [1.82, 2.24) is 10.7 Å². The quantitative estimate of drug-likeness (QED) is 0.597. The van der Waals surface area contributed by atoms with E-state index in [1.165, 1.54) is 0 Å². The average Bonchev–Trinajstić information content (AvgIpc) is 2.54. The minimum Gasteiger partial charge on any atom is -0.497 e. The van der Waals surface area contributed by atoms with Crippen molar-refractivity contribution in [2.75, 3.05) is 12.5 Å². The molecule has 0 radical (unpaired) electrons. The third-order valence-corrected chi connectivity index (χ3v) is 2.88. The number of hydrogen-bond donors (Lipinski definition) is 3. The molecule has 0 aromatic heterocycles. The molecule has 0 heterocycles. The first kappa shape index (κ1) is 14.8. The molecule has 0 aliphatic rings. The van der Waals surface area contributed by atoms with Gasteiger partial charge >= 0.3 is 0 Å². The number of methoxy groups -OCH3 is 1. The fourth-order valence-corrected chi connectivity index (χ4v) is 1.74. The van der Waals surface area contributed by atoms with Crippen molar-refractivity contribution >= 4 is 28.9 Å². The Kier molecular flexibility index (Phi) is 5.11. The summed E-state index contributed by atoms with van der Waals surface area (Å²) in [6.07, 6.45) is 0. The fraction of sp³-hybridized carbons (Fsp3) is 0.0667. The second-order valence-electron chi connectivity index (χ2n) is 4.13. The van der Waals surface area contributed by atoms with Gasteiger partial charge in [-0.15, -0.1) is 0 Å². The van der Waals surface area contributed by atoms with Gasteiger partial charge in [-0.05, 0) is 48.6 Å². The maximum atomic E-state index is 11.9. The van der Waals surface area contributed by atoms with Crippen molar-refractivity contribution in [2.45, 2.75) is 0 Å². The summed E-state index contributed by atoms with van der Waals surface area (Å²) in [6, 6.07) is 16.1. The molecule has 0 saturated carbocycles. The number of carbonyl (C=O) groups excluding carboxylic acids is 1. The van der Waals surface area contributed by atoms with Gasteiger partial charge in [0.05, 0.1) is 12.8 Å². The van der Waals surface area contributed by atoms with Crippen LogP contribution in [-0.2, 0) is 0 Å². The molecule has 1 amide bonds. The van der Waals surface area contributed by atoms with Gasteiger partial charge in [-0.2, -0.15) is 0 Å². The highest BCUT2D eigenvalue weighted by Crippen LogP contribution is 2.13. The first-order valence-corrected chi connectivity index (χ1v) is 6.66. The van der Waals surface area contributed by atoms with Crippen LogP contribution in [0.25, 0.3) is 0 Å². The number of thiocarbonyl (C=S) groups is 1. The van der Waals surface area contributed by atoms with Crippen molar-refractivity contribution in [3.8, 4) is 5.75 Å². The van der Waals surface area contributed by atoms with Crippen LogP contribution in [0.1, 0.15) is 10.4 Å². The van der Waals surface area contributed by atoms with E-state index in [1.807, 2.05) is 30.3 Å². The Bertz CT molecular complexity index is 615. The lowest BCUT2D eigenvalue weighted by Crippen LogP contribution is -2.41. The highest BCUT2D eigenvalue weighted by Gasteiger charge is 2.06. The third kappa shape index (κ3) is 4.47. The molecule has 0 saturated heterocycles. The third-order valence-electron chi connectivity index (χ3n) is 2.67. The number of hydrogen-bond acceptors (Lipinski definition) is 4. The van der Waals surface area contributed by atoms with E-state index in [4.69, 9.17) is 17.0 Å². The van der Waals surface area contributed by atoms with Crippen molar-refractivity contribution < 1.29 is 9.53 Å². The molecule has 0 bridgehead atoms. The molecular weight excluding hydrogens is 286 g/mol. The monoisotopic (exact) mass is 301 g/mol. The molecule has 0 atom stereocenters. The largest absolute Gasteiger partial charge is 0.497 e. The second-order valence-corrected chi connectivity index (χ2v) is 4.54. The van der Waals surface area contributed by atoms with Crippen LogP contribution in [0, 0.1) is 0 Å². The van der Waals surface area contributed by atoms with Crippen LogP contribution in [0.5, 0.6) is 5.75 Å². The Morgan fingerprint density at radius 2 is 1.71 bits per heavy atom. The molecule has 0 spiro atoms. The van der Waals surface area contributed by atoms with E-state index in [9.17, 15) is 4.79 Å². The van der Waals surface area contributed by atoms with Crippen LogP contribution in [0.2, 0.25) is 0 Å². The molecule has 2 aromatic rings. The minimum absolute atomic E-state index is 0.194. The normalized spacial score (nSPS) is 9.57. The summed E-state index contributed by atoms with van der Waals surface area (Å²) < 4.78 is 5.07. The van der Waals surface area contributed by atoms with Gasteiger partial charge in [0.2, 0.25) is 0 Å². The zero-order valence-electron chi connectivity index (χ0n) is 11.4. The predicted octanol–water partition coefficient (Wildman–Crippen LogP) is 2.33. The number of anilines is 1. The van der Waals surface area contributed by atoms with E-state index in [1.54, 1.807) is 31.4 Å². The molecule has 21 heavy (non-hydrogen) atoms. The van der Waals surface area contributed by atoms with Crippen LogP contribution in [-0.4, -0.2) is 18.1 Å². The summed E-state index contributed by atoms with van der Waals surface area (Å²) in [5.74, 6) is 0.505. The standard InChI is InChI=1S/C15H15N3O2S/c1-20-13-9-7-12(8-10-13)17-18-15(21)16-14(19)11-5-3-2-4-6-11/h2-10,17H,1H3,(H2,16,18,19,21). The molecule has 0 unspecified atom stereocenters.